The molecule has 0 saturated heterocycles. The van der Waals surface area contributed by atoms with Crippen molar-refractivity contribution < 1.29 is 74.2 Å². The normalized spacial score (nSPS) is 12.0. The van der Waals surface area contributed by atoms with E-state index in [2.05, 4.69) is 5.92 Å². The molecule has 0 heterocycles. The molecular weight excluding hydrogens is 1130 g/mol. The summed E-state index contributed by atoms with van der Waals surface area (Å²) in [5, 5.41) is 0. The van der Waals surface area contributed by atoms with Crippen molar-refractivity contribution in [3.8, 4) is 29.2 Å². The van der Waals surface area contributed by atoms with Crippen LogP contribution in [0.25, 0.3) is 11.1 Å². The van der Waals surface area contributed by atoms with Crippen LogP contribution in [0.2, 0.25) is 0 Å². The molecule has 0 fully saturated rings. The molecule has 0 aromatic heterocycles. The summed E-state index contributed by atoms with van der Waals surface area (Å²) in [7, 11) is -14.7. The summed E-state index contributed by atoms with van der Waals surface area (Å²) in [6, 6.07) is 24.8. The number of unbranched alkanes of at least 4 members (excludes halogenated alkanes) is 1. The van der Waals surface area contributed by atoms with E-state index in [-0.39, 0.29) is 39.3 Å². The molecule has 7 aromatic carbocycles. The summed E-state index contributed by atoms with van der Waals surface area (Å²) in [6.45, 7) is -0.493. The maximum atomic E-state index is 15.4. The van der Waals surface area contributed by atoms with Gasteiger partial charge in [-0.05, 0) is 122 Å². The van der Waals surface area contributed by atoms with Crippen molar-refractivity contribution in [1.29, 1.82) is 0 Å². The van der Waals surface area contributed by atoms with Gasteiger partial charge >= 0.3 is 0 Å². The van der Waals surface area contributed by atoms with Gasteiger partial charge in [-0.1, -0.05) is 47.0 Å². The first-order valence-electron chi connectivity index (χ1n) is 20.3. The number of thioether (sulfide) groups is 1. The van der Waals surface area contributed by atoms with Gasteiger partial charge in [-0.25, -0.2) is 34.8 Å². The number of terminal acetylenes is 1. The zero-order valence-electron chi connectivity index (χ0n) is 36.6. The van der Waals surface area contributed by atoms with E-state index in [9.17, 15) is 43.1 Å². The highest BCUT2D eigenvalue weighted by Gasteiger charge is 2.35. The van der Waals surface area contributed by atoms with E-state index in [1.807, 2.05) is 6.26 Å². The average molecular weight is 1160 g/mol. The fourth-order valence-corrected chi connectivity index (χ4v) is 13.8. The number of halogens is 8. The molecule has 73 heavy (non-hydrogen) atoms. The van der Waals surface area contributed by atoms with Crippen LogP contribution < -0.4 is 4.74 Å². The SMILES string of the molecule is C#CCCCOc1c(F)c(F)c(-c2c(F)c(F)c(Sc3ccc(Sc4ccc(Sc5ccc(S(=O)(=O)c6ccc(Sc7ccc(SC)cc7)c(S(=O)(=O)O)c6)cc5S(=O)(=O)O)cc4)cc3)c(F)c2F)c(F)c1F. The summed E-state index contributed by atoms with van der Waals surface area (Å²) < 4.78 is 224. The largest absolute Gasteiger partial charge is 0.487 e. The third-order valence-electron chi connectivity index (χ3n) is 10.0. The van der Waals surface area contributed by atoms with Crippen molar-refractivity contribution in [2.45, 2.75) is 76.5 Å². The predicted octanol–water partition coefficient (Wildman–Crippen LogP) is 13.9. The lowest BCUT2D eigenvalue weighted by Crippen LogP contribution is -2.10. The molecule has 0 aliphatic heterocycles. The monoisotopic (exact) mass is 1160 g/mol. The zero-order chi connectivity index (χ0) is 53.2. The second-order valence-electron chi connectivity index (χ2n) is 14.8. The van der Waals surface area contributed by atoms with Gasteiger partial charge in [0.15, 0.2) is 40.7 Å². The third-order valence-corrected chi connectivity index (χ3v) is 18.8. The van der Waals surface area contributed by atoms with Crippen molar-refractivity contribution >= 4 is 88.9 Å². The molecule has 0 aliphatic rings. The van der Waals surface area contributed by atoms with Crippen LogP contribution in [0.4, 0.5) is 35.1 Å². The fraction of sp³-hybridized carbons (Fsp3) is 0.0833. The van der Waals surface area contributed by atoms with Gasteiger partial charge in [0.1, 0.15) is 9.79 Å². The second kappa shape index (κ2) is 22.8. The van der Waals surface area contributed by atoms with E-state index in [1.54, 1.807) is 48.5 Å². The van der Waals surface area contributed by atoms with E-state index >= 15 is 26.3 Å². The van der Waals surface area contributed by atoms with Crippen LogP contribution in [0.15, 0.2) is 173 Å². The lowest BCUT2D eigenvalue weighted by Gasteiger charge is -2.16. The van der Waals surface area contributed by atoms with Crippen LogP contribution >= 0.6 is 58.8 Å². The van der Waals surface area contributed by atoms with Crippen LogP contribution in [0.1, 0.15) is 12.8 Å². The van der Waals surface area contributed by atoms with E-state index in [4.69, 9.17) is 11.2 Å². The van der Waals surface area contributed by atoms with Gasteiger partial charge in [-0.2, -0.15) is 25.6 Å². The number of ether oxygens (including phenoxy) is 1. The fourth-order valence-electron chi connectivity index (χ4n) is 6.55. The van der Waals surface area contributed by atoms with Crippen molar-refractivity contribution in [1.82, 2.24) is 0 Å². The van der Waals surface area contributed by atoms with Crippen molar-refractivity contribution in [3.05, 3.63) is 156 Å². The summed E-state index contributed by atoms with van der Waals surface area (Å²) in [6.07, 6.45) is 7.02. The molecule has 7 aromatic rings. The quantitative estimate of drug-likeness (QED) is 0.0209. The molecule has 380 valence electrons. The Morgan fingerprint density at radius 1 is 0.493 bits per heavy atom. The molecule has 0 atom stereocenters. The van der Waals surface area contributed by atoms with E-state index < -0.39 is 125 Å². The molecule has 0 amide bonds. The molecule has 9 nitrogen and oxygen atoms in total. The number of sulfone groups is 1. The first kappa shape index (κ1) is 55.6. The van der Waals surface area contributed by atoms with Crippen LogP contribution in [0, 0.1) is 58.9 Å². The van der Waals surface area contributed by atoms with Crippen LogP contribution in [-0.4, -0.2) is 47.2 Å². The van der Waals surface area contributed by atoms with Crippen molar-refractivity contribution in [3.63, 3.8) is 0 Å². The van der Waals surface area contributed by atoms with Gasteiger partial charge in [-0.3, -0.25) is 9.11 Å². The zero-order valence-corrected chi connectivity index (χ0v) is 43.2. The Bertz CT molecular complexity index is 3620. The minimum absolute atomic E-state index is 0.0110. The Balaban J connectivity index is 1.05. The van der Waals surface area contributed by atoms with Crippen LogP contribution in [-0.2, 0) is 30.1 Å². The number of hydrogen-bond donors (Lipinski definition) is 2. The molecule has 0 saturated carbocycles. The van der Waals surface area contributed by atoms with Crippen molar-refractivity contribution in [2.24, 2.45) is 0 Å². The summed E-state index contributed by atoms with van der Waals surface area (Å²) in [5.41, 5.74) is -4.08. The smallest absolute Gasteiger partial charge is 0.295 e. The Morgan fingerprint density at radius 2 is 0.849 bits per heavy atom. The lowest BCUT2D eigenvalue weighted by atomic mass is 10.0. The van der Waals surface area contributed by atoms with Crippen LogP contribution in [0.5, 0.6) is 5.75 Å². The Morgan fingerprint density at radius 3 is 1.22 bits per heavy atom. The number of hydrogen-bond acceptors (Lipinski definition) is 12. The second-order valence-corrected chi connectivity index (χ2v) is 24.8. The van der Waals surface area contributed by atoms with Gasteiger partial charge in [0.2, 0.25) is 21.5 Å². The maximum absolute atomic E-state index is 15.4. The number of benzene rings is 7. The first-order valence-corrected chi connectivity index (χ1v) is 29.1. The standard InChI is InChI=1S/C48H30F8O9S8/c1-3-4-5-22-65-47-43(53)39(49)37(40(50)44(47)54)38-41(51)45(55)48(46(56)42(38)52)70-30-16-12-27(13-17-30)67-26-10-14-29(15-11-26)69-34-21-19-32(24-36(34)73(62,63)64)71(57,58)31-18-20-33(35(23-31)72(59,60)61)68-28-8-6-25(66-2)7-9-28/h1,6-21,23-24H,4-5,22H2,2H3,(H,59,60,61)(H,62,63,64). The summed E-state index contributed by atoms with van der Waals surface area (Å²) in [5.74, 6) is -17.4. The first-order chi connectivity index (χ1) is 34.4. The van der Waals surface area contributed by atoms with Gasteiger partial charge in [0.05, 0.1) is 32.4 Å². The Labute approximate surface area is 434 Å². The molecule has 0 bridgehead atoms. The molecule has 2 N–H and O–H groups in total. The Kier molecular flexibility index (Phi) is 17.3. The van der Waals surface area contributed by atoms with E-state index in [0.29, 0.717) is 25.6 Å². The molecule has 0 unspecified atom stereocenters. The number of rotatable bonds is 18. The van der Waals surface area contributed by atoms with Gasteiger partial charge < -0.3 is 4.74 Å². The molecule has 0 radical (unpaired) electrons. The Hall–Kier alpha value is -5.14. The predicted molar refractivity (Wildman–Crippen MR) is 261 cm³/mol. The van der Waals surface area contributed by atoms with Crippen molar-refractivity contribution in [2.75, 3.05) is 12.9 Å². The lowest BCUT2D eigenvalue weighted by molar-refractivity contribution is 0.269. The highest BCUT2D eigenvalue weighted by atomic mass is 32.2. The van der Waals surface area contributed by atoms with E-state index in [1.165, 1.54) is 42.1 Å². The minimum atomic E-state index is -5.07. The highest BCUT2D eigenvalue weighted by molar-refractivity contribution is 8.01. The topological polar surface area (TPSA) is 152 Å². The molecule has 0 aliphatic carbocycles. The summed E-state index contributed by atoms with van der Waals surface area (Å²) in [4.78, 5) is -0.994. The van der Waals surface area contributed by atoms with E-state index in [0.717, 1.165) is 64.4 Å². The maximum Gasteiger partial charge on any atom is 0.295 e. The summed E-state index contributed by atoms with van der Waals surface area (Å²) >= 11 is 4.62. The third kappa shape index (κ3) is 12.4. The molecule has 0 spiro atoms. The van der Waals surface area contributed by atoms with Crippen LogP contribution in [0.3, 0.4) is 0 Å². The highest BCUT2D eigenvalue weighted by Crippen LogP contribution is 2.45. The van der Waals surface area contributed by atoms with Gasteiger partial charge in [0, 0.05) is 45.6 Å². The molecule has 25 heteroatoms. The minimum Gasteiger partial charge on any atom is -0.487 e. The molecule has 7 rings (SSSR count). The average Bonchev–Trinajstić information content (AvgIpc) is 3.35. The molecular formula is C48H30F8O9S8. The van der Waals surface area contributed by atoms with Gasteiger partial charge in [-0.15, -0.1) is 24.1 Å². The van der Waals surface area contributed by atoms with Gasteiger partial charge in [0.25, 0.3) is 20.2 Å².